The fourth-order valence-corrected chi connectivity index (χ4v) is 3.62. The predicted molar refractivity (Wildman–Crippen MR) is 90.4 cm³/mol. The molecule has 0 saturated carbocycles. The summed E-state index contributed by atoms with van der Waals surface area (Å²) in [7, 11) is 0. The van der Waals surface area contributed by atoms with Gasteiger partial charge in [0.15, 0.2) is 0 Å². The van der Waals surface area contributed by atoms with Crippen LogP contribution in [-0.4, -0.2) is 33.5 Å². The van der Waals surface area contributed by atoms with E-state index in [1.54, 1.807) is 6.33 Å². The van der Waals surface area contributed by atoms with Crippen molar-refractivity contribution in [3.8, 4) is 11.5 Å². The number of nitrogens with one attached hydrogen (secondary N) is 1. The quantitative estimate of drug-likeness (QED) is 0.911. The highest BCUT2D eigenvalue weighted by atomic mass is 16.5. The molecule has 1 N–H and O–H groups in total. The second-order valence-corrected chi connectivity index (χ2v) is 6.61. The molecule has 0 unspecified atom stereocenters. The Morgan fingerprint density at radius 3 is 3.21 bits per heavy atom. The summed E-state index contributed by atoms with van der Waals surface area (Å²) in [6, 6.07) is 4.63. The van der Waals surface area contributed by atoms with E-state index in [0.29, 0.717) is 12.6 Å². The summed E-state index contributed by atoms with van der Waals surface area (Å²) in [6.45, 7) is 6.47. The Kier molecular flexibility index (Phi) is 4.14. The summed E-state index contributed by atoms with van der Waals surface area (Å²) < 4.78 is 13.8. The van der Waals surface area contributed by atoms with Crippen molar-refractivity contribution in [1.82, 2.24) is 20.1 Å². The Labute approximate surface area is 142 Å². The van der Waals surface area contributed by atoms with Crippen LogP contribution in [0, 0.1) is 0 Å². The minimum Gasteiger partial charge on any atom is -0.494 e. The average molecular weight is 328 g/mol. The third-order valence-electron chi connectivity index (χ3n) is 4.74. The zero-order valence-electron chi connectivity index (χ0n) is 14.3. The topological polar surface area (TPSA) is 61.2 Å². The van der Waals surface area contributed by atoms with Gasteiger partial charge in [0, 0.05) is 36.6 Å². The smallest absolute Gasteiger partial charge is 0.138 e. The highest BCUT2D eigenvalue weighted by Gasteiger charge is 2.25. The summed E-state index contributed by atoms with van der Waals surface area (Å²) in [5.41, 5.74) is 2.44. The minimum atomic E-state index is 0.239. The van der Waals surface area contributed by atoms with Gasteiger partial charge >= 0.3 is 0 Å². The van der Waals surface area contributed by atoms with Crippen molar-refractivity contribution in [2.45, 2.75) is 58.3 Å². The summed E-state index contributed by atoms with van der Waals surface area (Å²) in [6.07, 6.45) is 4.90. The van der Waals surface area contributed by atoms with Crippen LogP contribution in [-0.2, 0) is 25.9 Å². The van der Waals surface area contributed by atoms with E-state index in [-0.39, 0.29) is 6.10 Å². The first-order chi connectivity index (χ1) is 11.7. The molecule has 6 heteroatoms. The molecule has 0 spiro atoms. The fraction of sp³-hybridized carbons (Fsp3) is 0.556. The van der Waals surface area contributed by atoms with Crippen LogP contribution in [0.4, 0.5) is 0 Å². The maximum Gasteiger partial charge on any atom is 0.138 e. The molecule has 0 saturated heterocycles. The molecule has 6 nitrogen and oxygen atoms in total. The van der Waals surface area contributed by atoms with Crippen molar-refractivity contribution in [3.63, 3.8) is 0 Å². The second-order valence-electron chi connectivity index (χ2n) is 6.61. The molecule has 2 aliphatic heterocycles. The third-order valence-corrected chi connectivity index (χ3v) is 4.74. The number of benzene rings is 1. The van der Waals surface area contributed by atoms with Crippen molar-refractivity contribution < 1.29 is 9.47 Å². The van der Waals surface area contributed by atoms with Gasteiger partial charge in [0.05, 0.1) is 13.2 Å². The lowest BCUT2D eigenvalue weighted by molar-refractivity contribution is 0.251. The largest absolute Gasteiger partial charge is 0.494 e. The Morgan fingerprint density at radius 1 is 1.42 bits per heavy atom. The molecular formula is C18H24N4O2. The lowest BCUT2D eigenvalue weighted by atomic mass is 10.0. The van der Waals surface area contributed by atoms with Gasteiger partial charge in [0.2, 0.25) is 0 Å². The van der Waals surface area contributed by atoms with E-state index in [1.165, 1.54) is 11.1 Å². The van der Waals surface area contributed by atoms with Crippen LogP contribution < -0.4 is 14.8 Å². The molecular weight excluding hydrogens is 304 g/mol. The van der Waals surface area contributed by atoms with E-state index in [2.05, 4.69) is 34.5 Å². The number of aryl methyl sites for hydroxylation is 1. The molecule has 2 atom stereocenters. The molecule has 1 aromatic heterocycles. The van der Waals surface area contributed by atoms with Gasteiger partial charge in [-0.3, -0.25) is 0 Å². The lowest BCUT2D eigenvalue weighted by Gasteiger charge is -2.24. The molecule has 0 bridgehead atoms. The highest BCUT2D eigenvalue weighted by molar-refractivity contribution is 5.49. The van der Waals surface area contributed by atoms with E-state index in [1.807, 2.05) is 11.6 Å². The molecule has 0 fully saturated rings. The third kappa shape index (κ3) is 2.98. The van der Waals surface area contributed by atoms with Crippen molar-refractivity contribution in [2.75, 3.05) is 6.61 Å². The van der Waals surface area contributed by atoms with Crippen molar-refractivity contribution in [3.05, 3.63) is 35.4 Å². The average Bonchev–Trinajstić information content (AvgIpc) is 3.17. The molecule has 1 aromatic carbocycles. The number of aromatic nitrogens is 3. The fourth-order valence-electron chi connectivity index (χ4n) is 3.62. The number of ether oxygens (including phenoxy) is 2. The van der Waals surface area contributed by atoms with Crippen LogP contribution >= 0.6 is 0 Å². The molecule has 2 aromatic rings. The second kappa shape index (κ2) is 6.43. The van der Waals surface area contributed by atoms with Crippen LogP contribution in [0.15, 0.2) is 18.5 Å². The molecule has 0 amide bonds. The van der Waals surface area contributed by atoms with Gasteiger partial charge in [-0.2, -0.15) is 5.10 Å². The van der Waals surface area contributed by atoms with E-state index in [4.69, 9.17) is 9.47 Å². The summed E-state index contributed by atoms with van der Waals surface area (Å²) in [5, 5.41) is 7.95. The van der Waals surface area contributed by atoms with Crippen molar-refractivity contribution >= 4 is 0 Å². The SMILES string of the molecule is CCOc1cc(CN[C@@H]2CCc3ncnn3C2)c2c(c1)C[C@@H](C)O2. The van der Waals surface area contributed by atoms with Crippen LogP contribution in [0.3, 0.4) is 0 Å². The first-order valence-corrected chi connectivity index (χ1v) is 8.78. The molecule has 0 radical (unpaired) electrons. The maximum atomic E-state index is 6.03. The van der Waals surface area contributed by atoms with Gasteiger partial charge in [-0.1, -0.05) is 0 Å². The Morgan fingerprint density at radius 2 is 2.33 bits per heavy atom. The zero-order valence-corrected chi connectivity index (χ0v) is 14.3. The summed E-state index contributed by atoms with van der Waals surface area (Å²) in [4.78, 5) is 4.28. The summed E-state index contributed by atoms with van der Waals surface area (Å²) in [5.74, 6) is 3.06. The molecule has 3 heterocycles. The first kappa shape index (κ1) is 15.4. The molecule has 0 aliphatic carbocycles. The Bertz CT molecular complexity index is 728. The van der Waals surface area contributed by atoms with E-state index in [9.17, 15) is 0 Å². The van der Waals surface area contributed by atoms with Gasteiger partial charge in [-0.25, -0.2) is 9.67 Å². The van der Waals surface area contributed by atoms with Crippen LogP contribution in [0.5, 0.6) is 11.5 Å². The monoisotopic (exact) mass is 328 g/mol. The molecule has 128 valence electrons. The van der Waals surface area contributed by atoms with E-state index in [0.717, 1.165) is 49.7 Å². The van der Waals surface area contributed by atoms with Crippen molar-refractivity contribution in [1.29, 1.82) is 0 Å². The van der Waals surface area contributed by atoms with Gasteiger partial charge in [-0.15, -0.1) is 0 Å². The zero-order chi connectivity index (χ0) is 16.5. The number of fused-ring (bicyclic) bond motifs is 2. The van der Waals surface area contributed by atoms with Crippen LogP contribution in [0.2, 0.25) is 0 Å². The minimum absolute atomic E-state index is 0.239. The lowest BCUT2D eigenvalue weighted by Crippen LogP contribution is -2.37. The molecule has 24 heavy (non-hydrogen) atoms. The normalized spacial score (nSPS) is 21.9. The number of nitrogens with zero attached hydrogens (tertiary/aromatic N) is 3. The van der Waals surface area contributed by atoms with Gasteiger partial charge in [0.25, 0.3) is 0 Å². The van der Waals surface area contributed by atoms with E-state index >= 15 is 0 Å². The number of hydrogen-bond donors (Lipinski definition) is 1. The van der Waals surface area contributed by atoms with E-state index < -0.39 is 0 Å². The number of rotatable bonds is 5. The predicted octanol–water partition coefficient (Wildman–Crippen LogP) is 2.10. The van der Waals surface area contributed by atoms with Crippen LogP contribution in [0.1, 0.15) is 37.2 Å². The van der Waals surface area contributed by atoms with Crippen LogP contribution in [0.25, 0.3) is 0 Å². The first-order valence-electron chi connectivity index (χ1n) is 8.78. The highest BCUT2D eigenvalue weighted by Crippen LogP contribution is 2.36. The maximum absolute atomic E-state index is 6.03. The molecule has 4 rings (SSSR count). The van der Waals surface area contributed by atoms with Gasteiger partial charge in [-0.05, 0) is 32.4 Å². The molecule has 2 aliphatic rings. The van der Waals surface area contributed by atoms with Crippen molar-refractivity contribution in [2.24, 2.45) is 0 Å². The van der Waals surface area contributed by atoms with Gasteiger partial charge in [0.1, 0.15) is 29.8 Å². The Balaban J connectivity index is 1.48. The van der Waals surface area contributed by atoms with Gasteiger partial charge < -0.3 is 14.8 Å². The Hall–Kier alpha value is -2.08. The summed E-state index contributed by atoms with van der Waals surface area (Å²) >= 11 is 0. The number of hydrogen-bond acceptors (Lipinski definition) is 5. The standard InChI is InChI=1S/C18H24N4O2/c1-3-23-16-7-13-6-12(2)24-18(13)14(8-16)9-19-15-4-5-17-20-11-21-22(17)10-15/h7-8,11-12,15,19H,3-6,9-10H2,1-2H3/t12-,15-/m1/s1.